The molecule has 0 aromatic heterocycles. The number of hydrogen-bond donors (Lipinski definition) is 2. The minimum absolute atomic E-state index is 0.0717. The van der Waals surface area contributed by atoms with Crippen LogP contribution in [-0.4, -0.2) is 0 Å². The highest BCUT2D eigenvalue weighted by molar-refractivity contribution is 8.00. The Bertz CT molecular complexity index is 2570. The van der Waals surface area contributed by atoms with E-state index in [0.29, 0.717) is 67.4 Å². The van der Waals surface area contributed by atoms with Crippen LogP contribution < -0.4 is 21.3 Å². The van der Waals surface area contributed by atoms with Gasteiger partial charge in [-0.3, -0.25) is 0 Å². The lowest BCUT2D eigenvalue weighted by Crippen LogP contribution is -2.16. The molecular formula is C42H22F10N4S3. The van der Waals surface area contributed by atoms with Crippen molar-refractivity contribution < 1.29 is 43.9 Å². The molecule has 7 aromatic rings. The van der Waals surface area contributed by atoms with E-state index in [2.05, 4.69) is 0 Å². The number of benzene rings is 7. The molecule has 0 spiro atoms. The Morgan fingerprint density at radius 2 is 0.729 bits per heavy atom. The van der Waals surface area contributed by atoms with Crippen molar-refractivity contribution in [3.05, 3.63) is 167 Å². The van der Waals surface area contributed by atoms with E-state index in [-0.39, 0.29) is 9.79 Å². The van der Waals surface area contributed by atoms with Crippen molar-refractivity contribution in [3.8, 4) is 0 Å². The van der Waals surface area contributed by atoms with E-state index in [0.717, 1.165) is 11.4 Å². The normalized spacial score (nSPS) is 12.1. The Morgan fingerprint density at radius 1 is 0.407 bits per heavy atom. The predicted molar refractivity (Wildman–Crippen MR) is 209 cm³/mol. The summed E-state index contributed by atoms with van der Waals surface area (Å²) in [6.07, 6.45) is 0. The van der Waals surface area contributed by atoms with E-state index in [1.54, 1.807) is 65.6 Å². The monoisotopic (exact) mass is 868 g/mol. The van der Waals surface area contributed by atoms with Crippen LogP contribution >= 0.6 is 35.3 Å². The maximum absolute atomic E-state index is 14.8. The molecule has 0 atom stereocenters. The molecule has 1 aliphatic rings. The molecule has 0 aliphatic carbocycles. The summed E-state index contributed by atoms with van der Waals surface area (Å²) in [5, 5.41) is 0. The van der Waals surface area contributed by atoms with Crippen molar-refractivity contribution in [3.63, 3.8) is 0 Å². The van der Waals surface area contributed by atoms with Gasteiger partial charge in [-0.15, -0.1) is 0 Å². The fourth-order valence-electron chi connectivity index (χ4n) is 6.20. The summed E-state index contributed by atoms with van der Waals surface area (Å²) >= 11 is 1.81. The Balaban J connectivity index is 1.26. The predicted octanol–water partition coefficient (Wildman–Crippen LogP) is 13.9. The van der Waals surface area contributed by atoms with Gasteiger partial charge >= 0.3 is 0 Å². The zero-order chi connectivity index (χ0) is 41.9. The van der Waals surface area contributed by atoms with E-state index >= 15 is 0 Å². The smallest absolute Gasteiger partial charge is 0.200 e. The third-order valence-corrected chi connectivity index (χ3v) is 12.2. The molecule has 298 valence electrons. The second kappa shape index (κ2) is 15.7. The van der Waals surface area contributed by atoms with Gasteiger partial charge in [0.2, 0.25) is 11.6 Å². The van der Waals surface area contributed by atoms with Gasteiger partial charge in [0, 0.05) is 53.7 Å². The van der Waals surface area contributed by atoms with Gasteiger partial charge in [-0.05, 0) is 109 Å². The van der Waals surface area contributed by atoms with E-state index in [9.17, 15) is 43.9 Å². The molecule has 0 unspecified atom stereocenters. The van der Waals surface area contributed by atoms with Crippen LogP contribution in [0.3, 0.4) is 0 Å². The fourth-order valence-corrected chi connectivity index (χ4v) is 9.02. The van der Waals surface area contributed by atoms with Gasteiger partial charge in [0.05, 0.1) is 21.2 Å². The van der Waals surface area contributed by atoms with Crippen molar-refractivity contribution in [2.24, 2.45) is 0 Å². The summed E-state index contributed by atoms with van der Waals surface area (Å²) in [6.45, 7) is 0. The minimum Gasteiger partial charge on any atom is -0.399 e. The summed E-state index contributed by atoms with van der Waals surface area (Å²) in [5.41, 5.74) is 16.3. The molecule has 1 aliphatic heterocycles. The number of nitrogens with two attached hydrogens (primary N) is 2. The van der Waals surface area contributed by atoms with E-state index in [1.807, 2.05) is 29.2 Å². The lowest BCUT2D eigenvalue weighted by atomic mass is 10.1. The molecule has 0 fully saturated rings. The van der Waals surface area contributed by atoms with E-state index < -0.39 is 68.0 Å². The molecule has 0 radical (unpaired) electrons. The molecule has 0 saturated heterocycles. The van der Waals surface area contributed by atoms with Gasteiger partial charge in [0.15, 0.2) is 46.5 Å². The molecule has 1 heterocycles. The van der Waals surface area contributed by atoms with Crippen molar-refractivity contribution in [1.29, 1.82) is 0 Å². The number of anilines is 8. The van der Waals surface area contributed by atoms with Crippen LogP contribution in [0.25, 0.3) is 0 Å². The van der Waals surface area contributed by atoms with Crippen LogP contribution in [0.2, 0.25) is 0 Å². The Morgan fingerprint density at radius 3 is 1.08 bits per heavy atom. The molecule has 4 N–H and O–H groups in total. The first-order chi connectivity index (χ1) is 28.2. The first-order valence-electron chi connectivity index (χ1n) is 17.0. The Labute approximate surface area is 341 Å². The van der Waals surface area contributed by atoms with Crippen LogP contribution in [-0.2, 0) is 0 Å². The van der Waals surface area contributed by atoms with Crippen molar-refractivity contribution in [2.75, 3.05) is 21.3 Å². The highest BCUT2D eigenvalue weighted by Gasteiger charge is 2.31. The van der Waals surface area contributed by atoms with Crippen LogP contribution in [0.1, 0.15) is 0 Å². The van der Waals surface area contributed by atoms with Gasteiger partial charge in [0.25, 0.3) is 0 Å². The van der Waals surface area contributed by atoms with Gasteiger partial charge in [0.1, 0.15) is 0 Å². The molecule has 0 amide bonds. The Kier molecular flexibility index (Phi) is 10.6. The molecule has 7 aromatic carbocycles. The number of nitrogen functional groups attached to an aromatic ring is 2. The lowest BCUT2D eigenvalue weighted by Gasteiger charge is -2.34. The van der Waals surface area contributed by atoms with Gasteiger partial charge in [-0.2, -0.15) is 0 Å². The second-order valence-electron chi connectivity index (χ2n) is 12.7. The largest absolute Gasteiger partial charge is 0.399 e. The molecule has 17 heteroatoms. The summed E-state index contributed by atoms with van der Waals surface area (Å²) in [5.74, 6) is -21.1. The molecule has 0 bridgehead atoms. The first kappa shape index (κ1) is 39.9. The van der Waals surface area contributed by atoms with Crippen LogP contribution in [0.5, 0.6) is 0 Å². The summed E-state index contributed by atoms with van der Waals surface area (Å²) in [6, 6.07) is 30.2. The number of rotatable bonds is 8. The van der Waals surface area contributed by atoms with Gasteiger partial charge in [-0.1, -0.05) is 35.3 Å². The van der Waals surface area contributed by atoms with E-state index in [1.165, 1.54) is 36.0 Å². The molecular weight excluding hydrogens is 847 g/mol. The average Bonchev–Trinajstić information content (AvgIpc) is 3.24. The van der Waals surface area contributed by atoms with Gasteiger partial charge in [-0.25, -0.2) is 43.9 Å². The van der Waals surface area contributed by atoms with E-state index in [4.69, 9.17) is 11.5 Å². The zero-order valence-corrected chi connectivity index (χ0v) is 31.9. The van der Waals surface area contributed by atoms with Crippen molar-refractivity contribution in [2.45, 2.75) is 29.4 Å². The highest BCUT2D eigenvalue weighted by atomic mass is 32.2. The van der Waals surface area contributed by atoms with Gasteiger partial charge < -0.3 is 21.3 Å². The highest BCUT2D eigenvalue weighted by Crippen LogP contribution is 2.54. The number of halogens is 10. The maximum atomic E-state index is 14.8. The van der Waals surface area contributed by atoms with Crippen LogP contribution in [0.15, 0.2) is 139 Å². The average molecular weight is 869 g/mol. The third kappa shape index (κ3) is 7.27. The summed E-state index contributed by atoms with van der Waals surface area (Å²) < 4.78 is 144. The fraction of sp³-hybridized carbons (Fsp3) is 0. The quantitative estimate of drug-likeness (QED) is 0.0683. The second-order valence-corrected chi connectivity index (χ2v) is 16.0. The topological polar surface area (TPSA) is 58.5 Å². The molecule has 59 heavy (non-hydrogen) atoms. The summed E-state index contributed by atoms with van der Waals surface area (Å²) in [4.78, 5) is 2.63. The number of hydrogen-bond acceptors (Lipinski definition) is 7. The summed E-state index contributed by atoms with van der Waals surface area (Å²) in [7, 11) is 0. The zero-order valence-electron chi connectivity index (χ0n) is 29.4. The first-order valence-corrected chi connectivity index (χ1v) is 19.4. The number of nitrogens with zero attached hydrogens (tertiary/aromatic N) is 2. The lowest BCUT2D eigenvalue weighted by molar-refractivity contribution is 0.361. The minimum atomic E-state index is -2.30. The van der Waals surface area contributed by atoms with Crippen molar-refractivity contribution >= 4 is 80.8 Å². The maximum Gasteiger partial charge on any atom is 0.200 e. The SMILES string of the molecule is Nc1ccc(N(c2ccc(N)cc2)c2ccc(N3c4cc(Sc5c(F)c(F)c(F)c(F)c5F)ccc4Sc4ccc(Sc5c(F)c(F)c(F)c(F)c5F)cc43)cc2)cc1. The number of fused-ring (bicyclic) bond motifs is 2. The Hall–Kier alpha value is -5.91. The molecule has 0 saturated carbocycles. The molecule has 4 nitrogen and oxygen atoms in total. The standard InChI is InChI=1S/C42H22F10N4S3/c43-31-33(45)37(49)41(38(50)34(31)46)57-25-13-15-29-27(17-25)56(28-18-26(14-16-30(28)59-29)58-42-39(51)35(47)32(44)36(48)40(42)52)24-11-9-23(10-12-24)55(21-5-1-19(53)2-6-21)22-7-3-20(54)4-8-22/h1-18H,53-54H2. The van der Waals surface area contributed by atoms with Crippen LogP contribution in [0.4, 0.5) is 89.4 Å². The van der Waals surface area contributed by atoms with Crippen LogP contribution in [0, 0.1) is 58.2 Å². The van der Waals surface area contributed by atoms with Crippen molar-refractivity contribution in [1.82, 2.24) is 0 Å². The molecule has 8 rings (SSSR count). The third-order valence-electron chi connectivity index (χ3n) is 9.01.